The van der Waals surface area contributed by atoms with Gasteiger partial charge in [0.05, 0.1) is 17.0 Å². The van der Waals surface area contributed by atoms with Gasteiger partial charge < -0.3 is 9.64 Å². The Bertz CT molecular complexity index is 1360. The number of halogens is 1. The van der Waals surface area contributed by atoms with Gasteiger partial charge in [-0.15, -0.1) is 0 Å². The summed E-state index contributed by atoms with van der Waals surface area (Å²) in [6.45, 7) is -0.0506. The molecule has 1 amide bonds. The Kier molecular flexibility index (Phi) is 6.22. The van der Waals surface area contributed by atoms with Crippen LogP contribution in [0.4, 0.5) is 0 Å². The first-order valence-electron chi connectivity index (χ1n) is 10.9. The highest BCUT2D eigenvalue weighted by Gasteiger charge is 2.61. The molecule has 2 atom stereocenters. The summed E-state index contributed by atoms with van der Waals surface area (Å²) in [6.07, 6.45) is 2.37. The van der Waals surface area contributed by atoms with E-state index < -0.39 is 42.4 Å². The molecule has 3 heterocycles. The number of fused-ring (bicyclic) bond motifs is 1. The van der Waals surface area contributed by atoms with E-state index in [1.807, 2.05) is 83.3 Å². The number of nitrogens with zero attached hydrogens (tertiary/aromatic N) is 2. The zero-order valence-electron chi connectivity index (χ0n) is 18.5. The van der Waals surface area contributed by atoms with E-state index in [0.29, 0.717) is 5.69 Å². The van der Waals surface area contributed by atoms with Gasteiger partial charge in [0.2, 0.25) is 0 Å². The van der Waals surface area contributed by atoms with Crippen molar-refractivity contribution in [3.63, 3.8) is 0 Å². The van der Waals surface area contributed by atoms with E-state index in [1.54, 1.807) is 24.4 Å². The van der Waals surface area contributed by atoms with Crippen LogP contribution in [0.2, 0.25) is 0 Å². The van der Waals surface area contributed by atoms with Crippen molar-refractivity contribution in [2.45, 2.75) is 14.9 Å². The summed E-state index contributed by atoms with van der Waals surface area (Å²) in [4.78, 5) is 31.7. The molecule has 9 heteroatoms. The topological polar surface area (TPSA) is 93.6 Å². The van der Waals surface area contributed by atoms with Crippen LogP contribution in [-0.4, -0.2) is 51.3 Å². The highest BCUT2D eigenvalue weighted by atomic mass is 127. The predicted molar refractivity (Wildman–Crippen MR) is 139 cm³/mol. The second-order valence-corrected chi connectivity index (χ2v) is 12.6. The molecule has 1 unspecified atom stereocenters. The number of carbonyl (C=O) groups is 2. The molecule has 0 saturated carbocycles. The largest absolute Gasteiger partial charge is 0.451 e. The summed E-state index contributed by atoms with van der Waals surface area (Å²) in [5.41, 5.74) is 2.21. The second kappa shape index (κ2) is 9.19. The van der Waals surface area contributed by atoms with Crippen molar-refractivity contribution < 1.29 is 22.7 Å². The smallest absolute Gasteiger partial charge is 0.325 e. The van der Waals surface area contributed by atoms with Crippen molar-refractivity contribution in [3.05, 3.63) is 107 Å². The summed E-state index contributed by atoms with van der Waals surface area (Å²) in [6, 6.07) is 23.7. The van der Waals surface area contributed by atoms with Gasteiger partial charge in [-0.1, -0.05) is 89.3 Å². The second-order valence-electron chi connectivity index (χ2n) is 8.52. The molecule has 2 aromatic carbocycles. The minimum absolute atomic E-state index is 0.0506. The van der Waals surface area contributed by atoms with Crippen molar-refractivity contribution in [2.24, 2.45) is 0 Å². The van der Waals surface area contributed by atoms with Gasteiger partial charge >= 0.3 is 5.97 Å². The Morgan fingerprint density at radius 1 is 1.03 bits per heavy atom. The number of hydrogen-bond acceptors (Lipinski definition) is 6. The van der Waals surface area contributed by atoms with E-state index >= 15 is 0 Å². The molecule has 2 fully saturated rings. The molecule has 0 radical (unpaired) electrons. The standard InChI is InChI=1S/C26H21IN2O5S/c27-26(25(31)34-22(18-9-3-1-4-10-18)19-11-5-2-6-12-19)16-29-23(30)21(24(29)35(32,33)17-26)15-20-13-7-8-14-28-20/h1-15,22,24H,16-17H2/t24-,26?/m1/s1. The van der Waals surface area contributed by atoms with Crippen molar-refractivity contribution >= 4 is 50.4 Å². The van der Waals surface area contributed by atoms with Gasteiger partial charge in [0, 0.05) is 12.7 Å². The summed E-state index contributed by atoms with van der Waals surface area (Å²) in [5, 5.41) is -1.08. The highest BCUT2D eigenvalue weighted by Crippen LogP contribution is 2.43. The van der Waals surface area contributed by atoms with Crippen LogP contribution in [0, 0.1) is 0 Å². The molecular formula is C26H21IN2O5S. The average Bonchev–Trinajstić information content (AvgIpc) is 2.87. The maximum absolute atomic E-state index is 13.5. The summed E-state index contributed by atoms with van der Waals surface area (Å²) >= 11 is 1.83. The molecule has 0 bridgehead atoms. The fraction of sp³-hybridized carbons (Fsp3) is 0.192. The molecule has 7 nitrogen and oxygen atoms in total. The van der Waals surface area contributed by atoms with E-state index in [0.717, 1.165) is 11.1 Å². The first kappa shape index (κ1) is 23.7. The minimum atomic E-state index is -3.84. The molecule has 0 N–H and O–H groups in total. The lowest BCUT2D eigenvalue weighted by atomic mass is 9.99. The Morgan fingerprint density at radius 3 is 2.20 bits per heavy atom. The molecule has 0 aliphatic carbocycles. The highest BCUT2D eigenvalue weighted by molar-refractivity contribution is 14.1. The van der Waals surface area contributed by atoms with Gasteiger partial charge in [-0.2, -0.15) is 0 Å². The molecule has 178 valence electrons. The molecule has 2 saturated heterocycles. The average molecular weight is 600 g/mol. The van der Waals surface area contributed by atoms with Crippen molar-refractivity contribution in [1.29, 1.82) is 0 Å². The fourth-order valence-electron chi connectivity index (χ4n) is 4.41. The Morgan fingerprint density at radius 2 is 1.63 bits per heavy atom. The number of amides is 1. The van der Waals surface area contributed by atoms with Crippen LogP contribution in [-0.2, 0) is 24.2 Å². The number of hydrogen-bond donors (Lipinski definition) is 0. The lowest BCUT2D eigenvalue weighted by Gasteiger charge is -2.49. The lowest BCUT2D eigenvalue weighted by Crippen LogP contribution is -2.69. The third-order valence-corrected chi connectivity index (χ3v) is 9.80. The van der Waals surface area contributed by atoms with Gasteiger partial charge in [0.25, 0.3) is 5.91 Å². The van der Waals surface area contributed by atoms with E-state index in [9.17, 15) is 18.0 Å². The molecule has 1 aromatic heterocycles. The zero-order chi connectivity index (χ0) is 24.6. The van der Waals surface area contributed by atoms with E-state index in [1.165, 1.54) is 11.0 Å². The van der Waals surface area contributed by atoms with Crippen LogP contribution in [0.3, 0.4) is 0 Å². The zero-order valence-corrected chi connectivity index (χ0v) is 21.4. The molecule has 2 aliphatic rings. The van der Waals surface area contributed by atoms with E-state index in [-0.39, 0.29) is 12.1 Å². The number of β-lactam (4-membered cyclic amide) rings is 1. The van der Waals surface area contributed by atoms with Gasteiger partial charge in [0.1, 0.15) is 0 Å². The third-order valence-electron chi connectivity index (χ3n) is 6.03. The monoisotopic (exact) mass is 600 g/mol. The minimum Gasteiger partial charge on any atom is -0.451 e. The van der Waals surface area contributed by atoms with Crippen LogP contribution in [0.1, 0.15) is 22.9 Å². The maximum atomic E-state index is 13.5. The third kappa shape index (κ3) is 4.50. The number of ether oxygens (including phenoxy) is 1. The molecule has 0 spiro atoms. The van der Waals surface area contributed by atoms with Crippen LogP contribution in [0.5, 0.6) is 0 Å². The number of carbonyl (C=O) groups excluding carboxylic acids is 2. The van der Waals surface area contributed by atoms with Crippen LogP contribution >= 0.6 is 22.6 Å². The predicted octanol–water partition coefficient (Wildman–Crippen LogP) is 3.57. The van der Waals surface area contributed by atoms with E-state index in [4.69, 9.17) is 4.74 Å². The first-order chi connectivity index (χ1) is 16.8. The van der Waals surface area contributed by atoms with Gasteiger partial charge in [-0.3, -0.25) is 14.6 Å². The summed E-state index contributed by atoms with van der Waals surface area (Å²) in [7, 11) is -3.84. The number of benzene rings is 2. The number of sulfone groups is 1. The SMILES string of the molecule is O=C1C(=Cc2ccccn2)[C@@H]2N1CC(I)(C(=O)OC(c1ccccc1)c1ccccc1)CS2(=O)=O. The molecule has 2 aliphatic heterocycles. The Balaban J connectivity index is 1.42. The van der Waals surface area contributed by atoms with Gasteiger partial charge in [-0.05, 0) is 29.3 Å². The molecule has 35 heavy (non-hydrogen) atoms. The maximum Gasteiger partial charge on any atom is 0.325 e. The Hall–Kier alpha value is -3.05. The summed E-state index contributed by atoms with van der Waals surface area (Å²) in [5.74, 6) is -1.52. The van der Waals surface area contributed by atoms with Crippen LogP contribution < -0.4 is 0 Å². The van der Waals surface area contributed by atoms with Crippen LogP contribution in [0.25, 0.3) is 6.08 Å². The fourth-order valence-corrected chi connectivity index (χ4v) is 8.32. The number of pyridine rings is 1. The first-order valence-corrected chi connectivity index (χ1v) is 13.7. The van der Waals surface area contributed by atoms with Crippen molar-refractivity contribution in [3.8, 4) is 0 Å². The molecular weight excluding hydrogens is 579 g/mol. The van der Waals surface area contributed by atoms with Crippen molar-refractivity contribution in [1.82, 2.24) is 9.88 Å². The molecule has 5 rings (SSSR count). The van der Waals surface area contributed by atoms with Gasteiger partial charge in [0.15, 0.2) is 24.7 Å². The normalized spacial score (nSPS) is 24.1. The number of rotatable bonds is 5. The lowest BCUT2D eigenvalue weighted by molar-refractivity contribution is -0.151. The Labute approximate surface area is 216 Å². The number of aromatic nitrogens is 1. The van der Waals surface area contributed by atoms with Gasteiger partial charge in [-0.25, -0.2) is 8.42 Å². The van der Waals surface area contributed by atoms with Crippen molar-refractivity contribution in [2.75, 3.05) is 12.3 Å². The quantitative estimate of drug-likeness (QED) is 0.146. The van der Waals surface area contributed by atoms with Crippen LogP contribution in [0.15, 0.2) is 90.6 Å². The van der Waals surface area contributed by atoms with E-state index in [2.05, 4.69) is 4.98 Å². The molecule has 3 aromatic rings. The summed E-state index contributed by atoms with van der Waals surface area (Å²) < 4.78 is 31.1. The number of esters is 1. The number of alkyl halides is 1.